The smallest absolute Gasteiger partial charge is 0.226 e. The van der Waals surface area contributed by atoms with Crippen LogP contribution in [0.2, 0.25) is 0 Å². The molecular weight excluding hydrogens is 180 g/mol. The molecule has 2 heterocycles. The molecule has 0 atom stereocenters. The van der Waals surface area contributed by atoms with E-state index < -0.39 is 0 Å². The summed E-state index contributed by atoms with van der Waals surface area (Å²) in [5, 5.41) is 0. The summed E-state index contributed by atoms with van der Waals surface area (Å²) >= 11 is 0. The monoisotopic (exact) mass is 194 g/mol. The van der Waals surface area contributed by atoms with Crippen LogP contribution in [0.15, 0.2) is 36.0 Å². The van der Waals surface area contributed by atoms with E-state index in [2.05, 4.69) is 16.0 Å². The van der Waals surface area contributed by atoms with E-state index in [0.29, 0.717) is 6.42 Å². The van der Waals surface area contributed by atoms with Crippen LogP contribution in [0.1, 0.15) is 19.3 Å². The summed E-state index contributed by atoms with van der Waals surface area (Å²) in [6.07, 6.45) is 8.95. The highest BCUT2D eigenvalue weighted by Crippen LogP contribution is 2.09. The van der Waals surface area contributed by atoms with Gasteiger partial charge >= 0.3 is 0 Å². The molecule has 4 heteroatoms. The van der Waals surface area contributed by atoms with Gasteiger partial charge in [0.25, 0.3) is 0 Å². The summed E-state index contributed by atoms with van der Waals surface area (Å²) in [5.41, 5.74) is 0. The Kier molecular flexibility index (Phi) is 4.47. The van der Waals surface area contributed by atoms with Gasteiger partial charge in [0.2, 0.25) is 5.91 Å². The fraction of sp³-hybridized carbons (Fsp3) is 0.400. The Morgan fingerprint density at radius 3 is 2.79 bits per heavy atom. The van der Waals surface area contributed by atoms with E-state index in [-0.39, 0.29) is 5.91 Å². The van der Waals surface area contributed by atoms with Gasteiger partial charge in [-0.15, -0.1) is 0 Å². The molecule has 0 bridgehead atoms. The predicted octanol–water partition coefficient (Wildman–Crippen LogP) is 1.82. The molecule has 0 aromatic carbocycles. The molecule has 4 nitrogen and oxygen atoms in total. The Balaban J connectivity index is 0.000000165. The second kappa shape index (κ2) is 5.96. The van der Waals surface area contributed by atoms with Crippen LogP contribution in [0.3, 0.4) is 0 Å². The molecule has 1 aromatic heterocycles. The largest absolute Gasteiger partial charge is 0.452 e. The Morgan fingerprint density at radius 1 is 1.57 bits per heavy atom. The van der Waals surface area contributed by atoms with Crippen LogP contribution in [0.4, 0.5) is 0 Å². The van der Waals surface area contributed by atoms with Gasteiger partial charge in [0.15, 0.2) is 6.39 Å². The minimum atomic E-state index is 0.219. The molecule has 1 aliphatic rings. The molecule has 2 rings (SSSR count). The van der Waals surface area contributed by atoms with E-state index in [4.69, 9.17) is 0 Å². The van der Waals surface area contributed by atoms with Crippen LogP contribution in [0.5, 0.6) is 0 Å². The van der Waals surface area contributed by atoms with Crippen molar-refractivity contribution < 1.29 is 9.21 Å². The number of amides is 1. The minimum Gasteiger partial charge on any atom is -0.452 e. The van der Waals surface area contributed by atoms with Crippen molar-refractivity contribution in [2.24, 2.45) is 0 Å². The maximum absolute atomic E-state index is 10.9. The topological polar surface area (TPSA) is 46.3 Å². The molecule has 76 valence electrons. The highest BCUT2D eigenvalue weighted by molar-refractivity contribution is 5.77. The van der Waals surface area contributed by atoms with Gasteiger partial charge in [-0.2, -0.15) is 0 Å². The molecule has 0 radical (unpaired) electrons. The summed E-state index contributed by atoms with van der Waals surface area (Å²) < 4.78 is 4.47. The van der Waals surface area contributed by atoms with Gasteiger partial charge in [0, 0.05) is 13.0 Å². The number of aromatic nitrogens is 1. The highest BCUT2D eigenvalue weighted by Gasteiger charge is 2.13. The standard InChI is InChI=1S/C7H11NO.C3H3NO/c1-2-8-6-4-3-5-7(8)9;1-2-5-3-4-1/h2H,1,3-6H2;1-3H. The van der Waals surface area contributed by atoms with Crippen molar-refractivity contribution in [1.29, 1.82) is 0 Å². The van der Waals surface area contributed by atoms with Gasteiger partial charge in [-0.25, -0.2) is 4.98 Å². The summed E-state index contributed by atoms with van der Waals surface area (Å²) in [5.74, 6) is 0.219. The fourth-order valence-electron chi connectivity index (χ4n) is 1.20. The van der Waals surface area contributed by atoms with Crippen LogP contribution in [0.25, 0.3) is 0 Å². The quantitative estimate of drug-likeness (QED) is 0.685. The molecule has 0 saturated carbocycles. The molecular formula is C10H14N2O2. The van der Waals surface area contributed by atoms with E-state index in [0.717, 1.165) is 19.4 Å². The van der Waals surface area contributed by atoms with E-state index in [1.807, 2.05) is 0 Å². The molecule has 0 N–H and O–H groups in total. The van der Waals surface area contributed by atoms with Crippen molar-refractivity contribution >= 4 is 5.91 Å². The first kappa shape index (κ1) is 10.5. The van der Waals surface area contributed by atoms with E-state index in [1.54, 1.807) is 17.3 Å². The average molecular weight is 194 g/mol. The number of carbonyl (C=O) groups excluding carboxylic acids is 1. The summed E-state index contributed by atoms with van der Waals surface area (Å²) in [4.78, 5) is 16.1. The first-order valence-corrected chi connectivity index (χ1v) is 4.59. The van der Waals surface area contributed by atoms with E-state index >= 15 is 0 Å². The zero-order valence-corrected chi connectivity index (χ0v) is 8.06. The third-order valence-electron chi connectivity index (χ3n) is 1.93. The predicted molar refractivity (Wildman–Crippen MR) is 52.3 cm³/mol. The number of likely N-dealkylation sites (tertiary alicyclic amines) is 1. The van der Waals surface area contributed by atoms with Crippen LogP contribution in [0, 0.1) is 0 Å². The van der Waals surface area contributed by atoms with Crippen LogP contribution >= 0.6 is 0 Å². The van der Waals surface area contributed by atoms with Gasteiger partial charge in [0.1, 0.15) is 6.26 Å². The number of nitrogens with zero attached hydrogens (tertiary/aromatic N) is 2. The average Bonchev–Trinajstić information content (AvgIpc) is 2.76. The molecule has 1 saturated heterocycles. The number of piperidine rings is 1. The van der Waals surface area contributed by atoms with Crippen molar-refractivity contribution in [1.82, 2.24) is 9.88 Å². The zero-order chi connectivity index (χ0) is 10.2. The number of hydrogen-bond donors (Lipinski definition) is 0. The Bertz CT molecular complexity index is 252. The van der Waals surface area contributed by atoms with Crippen molar-refractivity contribution in [3.63, 3.8) is 0 Å². The Labute approximate surface area is 83.2 Å². The van der Waals surface area contributed by atoms with Crippen molar-refractivity contribution in [2.75, 3.05) is 6.54 Å². The van der Waals surface area contributed by atoms with Gasteiger partial charge in [-0.3, -0.25) is 4.79 Å². The van der Waals surface area contributed by atoms with Crippen molar-refractivity contribution in [2.45, 2.75) is 19.3 Å². The lowest BCUT2D eigenvalue weighted by Crippen LogP contribution is -2.29. The first-order valence-electron chi connectivity index (χ1n) is 4.59. The van der Waals surface area contributed by atoms with Crippen molar-refractivity contribution in [3.8, 4) is 0 Å². The molecule has 1 aromatic rings. The maximum atomic E-state index is 10.9. The minimum absolute atomic E-state index is 0.219. The van der Waals surface area contributed by atoms with Gasteiger partial charge in [0.05, 0.1) is 6.20 Å². The van der Waals surface area contributed by atoms with Gasteiger partial charge in [-0.1, -0.05) is 6.58 Å². The van der Waals surface area contributed by atoms with Crippen LogP contribution in [-0.4, -0.2) is 22.3 Å². The number of rotatable bonds is 1. The Hall–Kier alpha value is -1.58. The normalized spacial score (nSPS) is 15.7. The first-order chi connectivity index (χ1) is 6.84. The van der Waals surface area contributed by atoms with E-state index in [9.17, 15) is 4.79 Å². The van der Waals surface area contributed by atoms with Gasteiger partial charge in [-0.05, 0) is 19.0 Å². The molecule has 0 unspecified atom stereocenters. The SMILES string of the molecule is C=CN1CCCCC1=O.c1cocn1. The zero-order valence-electron chi connectivity index (χ0n) is 8.06. The third kappa shape index (κ3) is 3.43. The highest BCUT2D eigenvalue weighted by atomic mass is 16.3. The molecule has 0 spiro atoms. The second-order valence-electron chi connectivity index (χ2n) is 2.90. The fourth-order valence-corrected chi connectivity index (χ4v) is 1.20. The summed E-state index contributed by atoms with van der Waals surface area (Å²) in [6.45, 7) is 4.40. The lowest BCUT2D eigenvalue weighted by Gasteiger charge is -2.21. The molecule has 0 aliphatic carbocycles. The lowest BCUT2D eigenvalue weighted by atomic mass is 10.1. The van der Waals surface area contributed by atoms with Gasteiger partial charge < -0.3 is 9.32 Å². The summed E-state index contributed by atoms with van der Waals surface area (Å²) in [7, 11) is 0. The molecule has 1 aliphatic heterocycles. The third-order valence-corrected chi connectivity index (χ3v) is 1.93. The van der Waals surface area contributed by atoms with E-state index in [1.165, 1.54) is 12.7 Å². The van der Waals surface area contributed by atoms with Crippen LogP contribution in [-0.2, 0) is 4.79 Å². The number of carbonyl (C=O) groups is 1. The van der Waals surface area contributed by atoms with Crippen molar-refractivity contribution in [3.05, 3.63) is 31.6 Å². The summed E-state index contributed by atoms with van der Waals surface area (Å²) in [6, 6.07) is 0. The second-order valence-corrected chi connectivity index (χ2v) is 2.90. The number of hydrogen-bond acceptors (Lipinski definition) is 3. The molecule has 1 amide bonds. The molecule has 14 heavy (non-hydrogen) atoms. The molecule has 1 fully saturated rings. The Morgan fingerprint density at radius 2 is 2.43 bits per heavy atom. The number of oxazole rings is 1. The maximum Gasteiger partial charge on any atom is 0.226 e. The van der Waals surface area contributed by atoms with Crippen LogP contribution < -0.4 is 0 Å². The lowest BCUT2D eigenvalue weighted by molar-refractivity contribution is -0.130.